The first kappa shape index (κ1) is 16.0. The Kier molecular flexibility index (Phi) is 8.21. The van der Waals surface area contributed by atoms with Crippen LogP contribution in [0.2, 0.25) is 0 Å². The fourth-order valence-electron chi connectivity index (χ4n) is 1.87. The summed E-state index contributed by atoms with van der Waals surface area (Å²) in [5.74, 6) is 0.895. The smallest absolute Gasteiger partial charge is 0.123 e. The van der Waals surface area contributed by atoms with Gasteiger partial charge in [0.2, 0.25) is 0 Å². The maximum Gasteiger partial charge on any atom is 0.123 e. The minimum Gasteiger partial charge on any atom is -0.496 e. The van der Waals surface area contributed by atoms with Gasteiger partial charge in [0.1, 0.15) is 5.75 Å². The molecule has 0 fully saturated rings. The summed E-state index contributed by atoms with van der Waals surface area (Å²) in [4.78, 5) is 0. The second-order valence-corrected chi connectivity index (χ2v) is 4.32. The van der Waals surface area contributed by atoms with Crippen LogP contribution in [0.15, 0.2) is 24.3 Å². The van der Waals surface area contributed by atoms with Gasteiger partial charge in [0.15, 0.2) is 0 Å². The van der Waals surface area contributed by atoms with E-state index in [0.717, 1.165) is 24.3 Å². The van der Waals surface area contributed by atoms with Crippen LogP contribution in [0.4, 0.5) is 0 Å². The van der Waals surface area contributed by atoms with Gasteiger partial charge < -0.3 is 19.5 Å². The molecule has 0 radical (unpaired) electrons. The number of nitrogens with one attached hydrogen (secondary N) is 1. The van der Waals surface area contributed by atoms with Crippen LogP contribution in [0, 0.1) is 0 Å². The normalized spacial score (nSPS) is 12.4. The standard InChI is InChI=1S/C15H25NO3/c1-4-9-16-14(12-19-11-10-17-2)13-7-5-6-8-15(13)18-3/h5-8,14,16H,4,9-12H2,1-3H3. The van der Waals surface area contributed by atoms with Crippen LogP contribution >= 0.6 is 0 Å². The zero-order chi connectivity index (χ0) is 13.9. The Morgan fingerprint density at radius 1 is 1.16 bits per heavy atom. The lowest BCUT2D eigenvalue weighted by Crippen LogP contribution is -2.27. The molecule has 1 N–H and O–H groups in total. The predicted molar refractivity (Wildman–Crippen MR) is 76.7 cm³/mol. The van der Waals surface area contributed by atoms with Crippen molar-refractivity contribution in [2.45, 2.75) is 19.4 Å². The predicted octanol–water partition coefficient (Wildman–Crippen LogP) is 2.40. The lowest BCUT2D eigenvalue weighted by molar-refractivity contribution is 0.0582. The van der Waals surface area contributed by atoms with Gasteiger partial charge in [-0.25, -0.2) is 0 Å². The van der Waals surface area contributed by atoms with Crippen molar-refractivity contribution in [1.82, 2.24) is 5.32 Å². The number of hydrogen-bond donors (Lipinski definition) is 1. The Balaban J connectivity index is 2.65. The van der Waals surface area contributed by atoms with E-state index in [2.05, 4.69) is 18.3 Å². The van der Waals surface area contributed by atoms with Gasteiger partial charge >= 0.3 is 0 Å². The quantitative estimate of drug-likeness (QED) is 0.661. The third-order valence-electron chi connectivity index (χ3n) is 2.87. The molecule has 4 nitrogen and oxygen atoms in total. The van der Waals surface area contributed by atoms with Crippen LogP contribution in [0.5, 0.6) is 5.75 Å². The van der Waals surface area contributed by atoms with Crippen molar-refractivity contribution in [1.29, 1.82) is 0 Å². The lowest BCUT2D eigenvalue weighted by Gasteiger charge is -2.21. The summed E-state index contributed by atoms with van der Waals surface area (Å²) in [5.41, 5.74) is 1.14. The number of rotatable bonds is 10. The SMILES string of the molecule is CCCNC(COCCOC)c1ccccc1OC. The molecule has 19 heavy (non-hydrogen) atoms. The molecule has 0 saturated heterocycles. The van der Waals surface area contributed by atoms with Gasteiger partial charge in [-0.1, -0.05) is 25.1 Å². The van der Waals surface area contributed by atoms with E-state index in [1.807, 2.05) is 18.2 Å². The van der Waals surface area contributed by atoms with Crippen LogP contribution in [0.25, 0.3) is 0 Å². The summed E-state index contributed by atoms with van der Waals surface area (Å²) >= 11 is 0. The Morgan fingerprint density at radius 2 is 1.95 bits per heavy atom. The highest BCUT2D eigenvalue weighted by molar-refractivity contribution is 5.35. The van der Waals surface area contributed by atoms with E-state index in [0.29, 0.717) is 19.8 Å². The zero-order valence-electron chi connectivity index (χ0n) is 12.1. The van der Waals surface area contributed by atoms with E-state index in [9.17, 15) is 0 Å². The highest BCUT2D eigenvalue weighted by atomic mass is 16.5. The van der Waals surface area contributed by atoms with Gasteiger partial charge in [0.25, 0.3) is 0 Å². The van der Waals surface area contributed by atoms with Crippen molar-refractivity contribution in [2.24, 2.45) is 0 Å². The van der Waals surface area contributed by atoms with Gasteiger partial charge in [-0.05, 0) is 19.0 Å². The zero-order valence-corrected chi connectivity index (χ0v) is 12.1. The molecular formula is C15H25NO3. The van der Waals surface area contributed by atoms with E-state index in [1.54, 1.807) is 14.2 Å². The third-order valence-corrected chi connectivity index (χ3v) is 2.87. The first-order valence-corrected chi connectivity index (χ1v) is 6.76. The summed E-state index contributed by atoms with van der Waals surface area (Å²) in [5, 5.41) is 3.49. The molecule has 1 aromatic rings. The molecule has 0 bridgehead atoms. The molecular weight excluding hydrogens is 242 g/mol. The molecule has 4 heteroatoms. The van der Waals surface area contributed by atoms with E-state index in [-0.39, 0.29) is 6.04 Å². The topological polar surface area (TPSA) is 39.7 Å². The van der Waals surface area contributed by atoms with E-state index in [4.69, 9.17) is 14.2 Å². The second kappa shape index (κ2) is 9.78. The Hall–Kier alpha value is -1.10. The molecule has 0 aliphatic heterocycles. The van der Waals surface area contributed by atoms with Gasteiger partial charge in [0.05, 0.1) is 33.0 Å². The summed E-state index contributed by atoms with van der Waals surface area (Å²) in [6.45, 7) is 4.94. The first-order chi connectivity index (χ1) is 9.33. The van der Waals surface area contributed by atoms with E-state index in [1.165, 1.54) is 0 Å². The fraction of sp³-hybridized carbons (Fsp3) is 0.600. The Labute approximate surface area is 116 Å². The molecule has 108 valence electrons. The molecule has 0 aliphatic carbocycles. The van der Waals surface area contributed by atoms with Crippen molar-refractivity contribution in [3.63, 3.8) is 0 Å². The maximum atomic E-state index is 5.64. The molecule has 1 atom stereocenters. The van der Waals surface area contributed by atoms with Crippen LogP contribution in [0.1, 0.15) is 24.9 Å². The van der Waals surface area contributed by atoms with Crippen molar-refractivity contribution < 1.29 is 14.2 Å². The summed E-state index contributed by atoms with van der Waals surface area (Å²) < 4.78 is 16.0. The number of methoxy groups -OCH3 is 2. The number of hydrogen-bond acceptors (Lipinski definition) is 4. The minimum absolute atomic E-state index is 0.146. The van der Waals surface area contributed by atoms with Gasteiger partial charge in [-0.15, -0.1) is 0 Å². The van der Waals surface area contributed by atoms with Crippen LogP contribution in [-0.2, 0) is 9.47 Å². The summed E-state index contributed by atoms with van der Waals surface area (Å²) in [6.07, 6.45) is 1.09. The van der Waals surface area contributed by atoms with Crippen molar-refractivity contribution in [2.75, 3.05) is 40.6 Å². The largest absolute Gasteiger partial charge is 0.496 e. The summed E-state index contributed by atoms with van der Waals surface area (Å²) in [6, 6.07) is 8.20. The fourth-order valence-corrected chi connectivity index (χ4v) is 1.87. The molecule has 0 amide bonds. The van der Waals surface area contributed by atoms with E-state index >= 15 is 0 Å². The number of ether oxygens (including phenoxy) is 3. The molecule has 0 aliphatic rings. The van der Waals surface area contributed by atoms with Crippen LogP contribution < -0.4 is 10.1 Å². The molecule has 0 saturated carbocycles. The molecule has 1 aromatic carbocycles. The third kappa shape index (κ3) is 5.59. The van der Waals surface area contributed by atoms with Gasteiger partial charge in [-0.2, -0.15) is 0 Å². The Morgan fingerprint density at radius 3 is 2.63 bits per heavy atom. The lowest BCUT2D eigenvalue weighted by atomic mass is 10.1. The van der Waals surface area contributed by atoms with E-state index < -0.39 is 0 Å². The average Bonchev–Trinajstić information content (AvgIpc) is 2.46. The minimum atomic E-state index is 0.146. The second-order valence-electron chi connectivity index (χ2n) is 4.32. The number of para-hydroxylation sites is 1. The van der Waals surface area contributed by atoms with Crippen molar-refractivity contribution in [3.8, 4) is 5.75 Å². The van der Waals surface area contributed by atoms with Gasteiger partial charge in [-0.3, -0.25) is 0 Å². The highest BCUT2D eigenvalue weighted by Crippen LogP contribution is 2.24. The molecule has 0 aromatic heterocycles. The van der Waals surface area contributed by atoms with Crippen LogP contribution in [0.3, 0.4) is 0 Å². The van der Waals surface area contributed by atoms with Gasteiger partial charge in [0, 0.05) is 12.7 Å². The summed E-state index contributed by atoms with van der Waals surface area (Å²) in [7, 11) is 3.37. The molecule has 0 heterocycles. The Bertz CT molecular complexity index is 344. The molecule has 0 spiro atoms. The monoisotopic (exact) mass is 267 g/mol. The molecule has 1 rings (SSSR count). The number of benzene rings is 1. The van der Waals surface area contributed by atoms with Crippen molar-refractivity contribution >= 4 is 0 Å². The molecule has 1 unspecified atom stereocenters. The average molecular weight is 267 g/mol. The van der Waals surface area contributed by atoms with Crippen molar-refractivity contribution in [3.05, 3.63) is 29.8 Å². The first-order valence-electron chi connectivity index (χ1n) is 6.76. The maximum absolute atomic E-state index is 5.64. The van der Waals surface area contributed by atoms with Crippen LogP contribution in [-0.4, -0.2) is 40.6 Å². The highest BCUT2D eigenvalue weighted by Gasteiger charge is 2.15.